The van der Waals surface area contributed by atoms with E-state index >= 15 is 0 Å². The van der Waals surface area contributed by atoms with Gasteiger partial charge < -0.3 is 15.1 Å². The number of benzene rings is 1. The van der Waals surface area contributed by atoms with Gasteiger partial charge in [0.15, 0.2) is 0 Å². The molecule has 0 aromatic heterocycles. The molecule has 0 spiro atoms. The summed E-state index contributed by atoms with van der Waals surface area (Å²) in [6, 6.07) is 9.49. The average molecular weight is 237 g/mol. The summed E-state index contributed by atoms with van der Waals surface area (Å²) in [5.41, 5.74) is -0.442. The van der Waals surface area contributed by atoms with Crippen LogP contribution in [0.3, 0.4) is 0 Å². The van der Waals surface area contributed by atoms with E-state index in [4.69, 9.17) is 5.11 Å². The third kappa shape index (κ3) is 4.17. The maximum absolute atomic E-state index is 11.9. The fourth-order valence-electron chi connectivity index (χ4n) is 1.56. The molecule has 0 atom stereocenters. The molecule has 1 aromatic rings. The minimum atomic E-state index is -1.41. The van der Waals surface area contributed by atoms with Crippen molar-refractivity contribution in [2.45, 2.75) is 26.0 Å². The monoisotopic (exact) mass is 237 g/mol. The zero-order chi connectivity index (χ0) is 12.9. The summed E-state index contributed by atoms with van der Waals surface area (Å²) in [4.78, 5) is 13.4. The Morgan fingerprint density at radius 2 is 1.88 bits per heavy atom. The van der Waals surface area contributed by atoms with Gasteiger partial charge in [0, 0.05) is 13.1 Å². The van der Waals surface area contributed by atoms with Gasteiger partial charge in [-0.25, -0.2) is 0 Å². The summed E-state index contributed by atoms with van der Waals surface area (Å²) in [5.74, 6) is -0.379. The maximum atomic E-state index is 11.9. The van der Waals surface area contributed by atoms with E-state index in [-0.39, 0.29) is 19.1 Å². The van der Waals surface area contributed by atoms with Crippen molar-refractivity contribution >= 4 is 5.91 Å². The van der Waals surface area contributed by atoms with E-state index in [1.807, 2.05) is 30.3 Å². The number of aliphatic hydroxyl groups excluding tert-OH is 1. The molecule has 4 nitrogen and oxygen atoms in total. The Bertz CT molecular complexity index is 357. The van der Waals surface area contributed by atoms with Crippen LogP contribution >= 0.6 is 0 Å². The standard InChI is InChI=1S/C13H19NO3/c1-13(2,17)12(16)14(8-9-15)10-11-6-4-3-5-7-11/h3-7,15,17H,8-10H2,1-2H3. The summed E-state index contributed by atoms with van der Waals surface area (Å²) < 4.78 is 0. The minimum Gasteiger partial charge on any atom is -0.395 e. The number of hydrogen-bond acceptors (Lipinski definition) is 3. The molecule has 2 N–H and O–H groups in total. The summed E-state index contributed by atoms with van der Waals surface area (Å²) in [6.45, 7) is 3.39. The molecule has 4 heteroatoms. The van der Waals surface area contributed by atoms with Gasteiger partial charge in [-0.05, 0) is 19.4 Å². The lowest BCUT2D eigenvalue weighted by Crippen LogP contribution is -2.45. The van der Waals surface area contributed by atoms with Gasteiger partial charge in [0.1, 0.15) is 5.60 Å². The van der Waals surface area contributed by atoms with E-state index in [0.29, 0.717) is 6.54 Å². The van der Waals surface area contributed by atoms with E-state index in [9.17, 15) is 9.90 Å². The highest BCUT2D eigenvalue weighted by atomic mass is 16.3. The van der Waals surface area contributed by atoms with Gasteiger partial charge >= 0.3 is 0 Å². The second-order valence-corrected chi connectivity index (χ2v) is 4.49. The van der Waals surface area contributed by atoms with Crippen LogP contribution in [0.15, 0.2) is 30.3 Å². The van der Waals surface area contributed by atoms with Crippen LogP contribution in [0.2, 0.25) is 0 Å². The lowest BCUT2D eigenvalue weighted by Gasteiger charge is -2.28. The Labute approximate surface area is 101 Å². The molecule has 0 fully saturated rings. The molecule has 1 aromatic carbocycles. The molecule has 94 valence electrons. The van der Waals surface area contributed by atoms with Crippen molar-refractivity contribution in [1.29, 1.82) is 0 Å². The lowest BCUT2D eigenvalue weighted by atomic mass is 10.1. The van der Waals surface area contributed by atoms with Crippen molar-refractivity contribution < 1.29 is 15.0 Å². The van der Waals surface area contributed by atoms with Crippen LogP contribution in [0, 0.1) is 0 Å². The molecule has 1 amide bonds. The number of amides is 1. The van der Waals surface area contributed by atoms with Crippen LogP contribution < -0.4 is 0 Å². The first-order chi connectivity index (χ1) is 7.95. The summed E-state index contributed by atoms with van der Waals surface area (Å²) in [7, 11) is 0. The SMILES string of the molecule is CC(C)(O)C(=O)N(CCO)Cc1ccccc1. The van der Waals surface area contributed by atoms with Gasteiger partial charge in [0.05, 0.1) is 6.61 Å². The summed E-state index contributed by atoms with van der Waals surface area (Å²) in [5, 5.41) is 18.6. The zero-order valence-corrected chi connectivity index (χ0v) is 10.3. The molecule has 0 unspecified atom stereocenters. The minimum absolute atomic E-state index is 0.116. The van der Waals surface area contributed by atoms with Gasteiger partial charge in [-0.3, -0.25) is 4.79 Å². The van der Waals surface area contributed by atoms with Crippen molar-refractivity contribution in [2.24, 2.45) is 0 Å². The fraction of sp³-hybridized carbons (Fsp3) is 0.462. The fourth-order valence-corrected chi connectivity index (χ4v) is 1.56. The molecule has 0 saturated carbocycles. The Balaban J connectivity index is 2.77. The summed E-state index contributed by atoms with van der Waals surface area (Å²) in [6.07, 6.45) is 0. The molecular formula is C13H19NO3. The third-order valence-corrected chi connectivity index (χ3v) is 2.40. The first-order valence-corrected chi connectivity index (χ1v) is 5.61. The molecule has 0 radical (unpaired) electrons. The van der Waals surface area contributed by atoms with Crippen molar-refractivity contribution in [3.05, 3.63) is 35.9 Å². The van der Waals surface area contributed by atoms with E-state index in [1.54, 1.807) is 0 Å². The van der Waals surface area contributed by atoms with Gasteiger partial charge in [-0.1, -0.05) is 30.3 Å². The molecule has 0 bridgehead atoms. The largest absolute Gasteiger partial charge is 0.395 e. The molecule has 0 heterocycles. The van der Waals surface area contributed by atoms with Crippen LogP contribution in [0.1, 0.15) is 19.4 Å². The van der Waals surface area contributed by atoms with Crippen molar-refractivity contribution in [3.8, 4) is 0 Å². The molecule has 1 rings (SSSR count). The maximum Gasteiger partial charge on any atom is 0.254 e. The Morgan fingerprint density at radius 3 is 2.35 bits per heavy atom. The third-order valence-electron chi connectivity index (χ3n) is 2.40. The number of carbonyl (C=O) groups is 1. The quantitative estimate of drug-likeness (QED) is 0.795. The van der Waals surface area contributed by atoms with E-state index in [0.717, 1.165) is 5.56 Å². The van der Waals surface area contributed by atoms with Crippen LogP contribution in [-0.4, -0.2) is 39.8 Å². The van der Waals surface area contributed by atoms with Crippen LogP contribution in [0.25, 0.3) is 0 Å². The van der Waals surface area contributed by atoms with Crippen molar-refractivity contribution in [3.63, 3.8) is 0 Å². The Kier molecular flexibility index (Phi) is 4.66. The molecule has 0 saturated heterocycles. The predicted octanol–water partition coefficient (Wildman–Crippen LogP) is 0.778. The first kappa shape index (κ1) is 13.7. The van der Waals surface area contributed by atoms with Crippen molar-refractivity contribution in [1.82, 2.24) is 4.90 Å². The highest BCUT2D eigenvalue weighted by molar-refractivity contribution is 5.84. The molecule has 0 aliphatic heterocycles. The highest BCUT2D eigenvalue weighted by Crippen LogP contribution is 2.11. The molecule has 0 aliphatic rings. The van der Waals surface area contributed by atoms with E-state index in [2.05, 4.69) is 0 Å². The number of carbonyl (C=O) groups excluding carboxylic acids is 1. The number of rotatable bonds is 5. The smallest absolute Gasteiger partial charge is 0.254 e. The van der Waals surface area contributed by atoms with Crippen LogP contribution in [0.4, 0.5) is 0 Å². The highest BCUT2D eigenvalue weighted by Gasteiger charge is 2.28. The van der Waals surface area contributed by atoms with Gasteiger partial charge in [-0.15, -0.1) is 0 Å². The second-order valence-electron chi connectivity index (χ2n) is 4.49. The molecule has 0 aliphatic carbocycles. The zero-order valence-electron chi connectivity index (χ0n) is 10.3. The number of aliphatic hydroxyl groups is 2. The topological polar surface area (TPSA) is 60.8 Å². The van der Waals surface area contributed by atoms with Crippen LogP contribution in [-0.2, 0) is 11.3 Å². The van der Waals surface area contributed by atoms with Crippen LogP contribution in [0.5, 0.6) is 0 Å². The normalized spacial score (nSPS) is 11.3. The Morgan fingerprint density at radius 1 is 1.29 bits per heavy atom. The lowest BCUT2D eigenvalue weighted by molar-refractivity contribution is -0.149. The Hall–Kier alpha value is -1.39. The van der Waals surface area contributed by atoms with E-state index < -0.39 is 5.60 Å². The first-order valence-electron chi connectivity index (χ1n) is 5.61. The second kappa shape index (κ2) is 5.80. The van der Waals surface area contributed by atoms with Gasteiger partial charge in [0.2, 0.25) is 0 Å². The predicted molar refractivity (Wildman–Crippen MR) is 65.2 cm³/mol. The number of hydrogen-bond donors (Lipinski definition) is 2. The molecule has 17 heavy (non-hydrogen) atoms. The number of nitrogens with zero attached hydrogens (tertiary/aromatic N) is 1. The molecular weight excluding hydrogens is 218 g/mol. The van der Waals surface area contributed by atoms with Gasteiger partial charge in [0.25, 0.3) is 5.91 Å². The summed E-state index contributed by atoms with van der Waals surface area (Å²) >= 11 is 0. The van der Waals surface area contributed by atoms with Gasteiger partial charge in [-0.2, -0.15) is 0 Å². The van der Waals surface area contributed by atoms with Crippen molar-refractivity contribution in [2.75, 3.05) is 13.2 Å². The van der Waals surface area contributed by atoms with E-state index in [1.165, 1.54) is 18.7 Å². The average Bonchev–Trinajstić information content (AvgIpc) is 2.28.